The van der Waals surface area contributed by atoms with Gasteiger partial charge in [-0.1, -0.05) is 6.07 Å². The maximum atomic E-state index is 10.7. The zero-order valence-corrected chi connectivity index (χ0v) is 18.4. The minimum atomic E-state index is -1.03. The molecule has 0 radical (unpaired) electrons. The Bertz CT molecular complexity index is 1090. The molecule has 136 valence electrons. The molecule has 1 heterocycles. The van der Waals surface area contributed by atoms with Crippen molar-refractivity contribution in [3.05, 3.63) is 54.4 Å². The lowest BCUT2D eigenvalue weighted by molar-refractivity contribution is -0.139. The quantitative estimate of drug-likeness (QED) is 0.337. The Morgan fingerprint density at radius 1 is 1.33 bits per heavy atom. The molecule has 0 aliphatic carbocycles. The predicted molar refractivity (Wildman–Crippen MR) is 119 cm³/mol. The Kier molecular flexibility index (Phi) is 6.01. The maximum absolute atomic E-state index is 10.7. The minimum Gasteiger partial charge on any atom is -0.480 e. The predicted octanol–water partition coefficient (Wildman–Crippen LogP) is 4.61. The first-order chi connectivity index (χ1) is 12.9. The summed E-state index contributed by atoms with van der Waals surface area (Å²) in [6, 6.07) is 11.7. The number of allylic oxidation sites excluding steroid dienone is 1. The number of ether oxygens (including phenoxy) is 1. The zero-order chi connectivity index (χ0) is 19.6. The largest absolute Gasteiger partial charge is 0.480 e. The van der Waals surface area contributed by atoms with Gasteiger partial charge >= 0.3 is 5.97 Å². The van der Waals surface area contributed by atoms with Gasteiger partial charge in [-0.3, -0.25) is 0 Å². The van der Waals surface area contributed by atoms with Crippen molar-refractivity contribution in [2.45, 2.75) is 6.92 Å². The number of aryl methyl sites for hydroxylation is 1. The average Bonchev–Trinajstić information content (AvgIpc) is 3.01. The highest BCUT2D eigenvalue weighted by Crippen LogP contribution is 2.30. The summed E-state index contributed by atoms with van der Waals surface area (Å²) < 4.78 is 6.87. The third-order valence-corrected chi connectivity index (χ3v) is 5.29. The number of hydrogen-bond donors (Lipinski definition) is 2. The number of hydrogen-bond acceptors (Lipinski definition) is 4. The minimum absolute atomic E-state index is 0.400. The molecule has 0 saturated heterocycles. The van der Waals surface area contributed by atoms with E-state index in [1.165, 1.54) is 0 Å². The number of H-pyrrole nitrogens is 1. The van der Waals surface area contributed by atoms with Crippen LogP contribution in [0.15, 0.2) is 30.3 Å². The topological polar surface area (TPSA) is 99.0 Å². The molecule has 3 rings (SSSR count). The molecule has 3 aromatic rings. The van der Waals surface area contributed by atoms with Crippen LogP contribution in [0.2, 0.25) is 0 Å². The lowest BCUT2D eigenvalue weighted by atomic mass is 10.1. The van der Waals surface area contributed by atoms with Crippen LogP contribution in [0.1, 0.15) is 17.0 Å². The van der Waals surface area contributed by atoms with Crippen molar-refractivity contribution in [1.29, 1.82) is 5.26 Å². The first-order valence-corrected chi connectivity index (χ1v) is 9.95. The first-order valence-electron chi connectivity index (χ1n) is 7.79. The molecule has 0 aliphatic heterocycles. The molecule has 8 heteroatoms. The second-order valence-corrected chi connectivity index (χ2v) is 8.10. The Labute approximate surface area is 182 Å². The summed E-state index contributed by atoms with van der Waals surface area (Å²) in [6.45, 7) is 1.60. The number of halogens is 2. The molecule has 2 aromatic carbocycles. The van der Waals surface area contributed by atoms with Crippen LogP contribution in [-0.4, -0.2) is 27.7 Å². The highest BCUT2D eigenvalue weighted by Gasteiger charge is 2.12. The fourth-order valence-electron chi connectivity index (χ4n) is 2.51. The monoisotopic (exact) mass is 585 g/mol. The van der Waals surface area contributed by atoms with Crippen molar-refractivity contribution >= 4 is 73.8 Å². The van der Waals surface area contributed by atoms with Crippen molar-refractivity contribution < 1.29 is 14.6 Å². The number of imidazole rings is 1. The SMILES string of the molecule is Cc1ccc2nc(/C(C#N)=C\c3cc(I)c(OCC(=O)O)c(I)c3)[nH]c2c1. The highest BCUT2D eigenvalue weighted by atomic mass is 127. The van der Waals surface area contributed by atoms with Gasteiger partial charge in [0.05, 0.1) is 23.7 Å². The number of fused-ring (bicyclic) bond motifs is 1. The summed E-state index contributed by atoms with van der Waals surface area (Å²) in [7, 11) is 0. The van der Waals surface area contributed by atoms with Crippen LogP contribution in [-0.2, 0) is 4.79 Å². The summed E-state index contributed by atoms with van der Waals surface area (Å²) in [5, 5.41) is 18.4. The summed E-state index contributed by atoms with van der Waals surface area (Å²) in [6.07, 6.45) is 1.75. The number of carboxylic acids is 1. The molecule has 0 atom stereocenters. The molecule has 0 aliphatic rings. The number of carboxylic acid groups (broad SMARTS) is 1. The van der Waals surface area contributed by atoms with E-state index in [9.17, 15) is 10.1 Å². The van der Waals surface area contributed by atoms with Gasteiger partial charge in [0.25, 0.3) is 0 Å². The van der Waals surface area contributed by atoms with E-state index in [4.69, 9.17) is 9.84 Å². The zero-order valence-electron chi connectivity index (χ0n) is 14.1. The van der Waals surface area contributed by atoms with Crippen molar-refractivity contribution in [1.82, 2.24) is 9.97 Å². The van der Waals surface area contributed by atoms with Crippen LogP contribution in [0, 0.1) is 25.4 Å². The molecule has 0 spiro atoms. The van der Waals surface area contributed by atoms with Crippen molar-refractivity contribution in [3.8, 4) is 11.8 Å². The Balaban J connectivity index is 1.97. The van der Waals surface area contributed by atoms with Crippen molar-refractivity contribution in [2.75, 3.05) is 6.61 Å². The van der Waals surface area contributed by atoms with E-state index >= 15 is 0 Å². The van der Waals surface area contributed by atoms with E-state index in [0.29, 0.717) is 17.1 Å². The Hall–Kier alpha value is -2.13. The molecule has 0 unspecified atom stereocenters. The normalized spacial score (nSPS) is 11.4. The maximum Gasteiger partial charge on any atom is 0.341 e. The van der Waals surface area contributed by atoms with E-state index in [1.807, 2.05) is 37.3 Å². The van der Waals surface area contributed by atoms with Gasteiger partial charge < -0.3 is 14.8 Å². The van der Waals surface area contributed by atoms with Crippen LogP contribution in [0.3, 0.4) is 0 Å². The third-order valence-electron chi connectivity index (χ3n) is 3.68. The molecule has 6 nitrogen and oxygen atoms in total. The fourth-order valence-corrected chi connectivity index (χ4v) is 4.63. The molecule has 0 saturated carbocycles. The van der Waals surface area contributed by atoms with E-state index in [1.54, 1.807) is 6.08 Å². The molecular formula is C19H13I2N3O3. The molecule has 2 N–H and O–H groups in total. The number of nitrogens with one attached hydrogen (secondary N) is 1. The lowest BCUT2D eigenvalue weighted by Crippen LogP contribution is -2.11. The molecule has 0 amide bonds. The fraction of sp³-hybridized carbons (Fsp3) is 0.105. The third kappa shape index (κ3) is 4.59. The molecule has 0 fully saturated rings. The van der Waals surface area contributed by atoms with Gasteiger partial charge in [0, 0.05) is 0 Å². The van der Waals surface area contributed by atoms with Crippen molar-refractivity contribution in [3.63, 3.8) is 0 Å². The Morgan fingerprint density at radius 3 is 2.67 bits per heavy atom. The standard InChI is InChI=1S/C19H13I2N3O3/c1-10-2-3-15-16(4-10)24-19(23-15)12(8-22)5-11-6-13(20)18(14(21)7-11)27-9-17(25)26/h2-7H,9H2,1H3,(H,23,24)(H,25,26)/b12-5-. The van der Waals surface area contributed by atoms with E-state index in [2.05, 4.69) is 61.2 Å². The number of aliphatic carboxylic acids is 1. The number of aromatic nitrogens is 2. The number of aromatic amines is 1. The summed E-state index contributed by atoms with van der Waals surface area (Å²) in [4.78, 5) is 18.4. The lowest BCUT2D eigenvalue weighted by Gasteiger charge is -2.09. The van der Waals surface area contributed by atoms with Gasteiger partial charge in [-0.25, -0.2) is 9.78 Å². The molecule has 27 heavy (non-hydrogen) atoms. The van der Waals surface area contributed by atoms with Crippen LogP contribution in [0.25, 0.3) is 22.7 Å². The second kappa shape index (κ2) is 8.26. The van der Waals surface area contributed by atoms with Gasteiger partial charge in [0.15, 0.2) is 6.61 Å². The van der Waals surface area contributed by atoms with Crippen LogP contribution in [0.5, 0.6) is 5.75 Å². The van der Waals surface area contributed by atoms with Gasteiger partial charge in [0.1, 0.15) is 17.6 Å². The number of nitrogens with zero attached hydrogens (tertiary/aromatic N) is 2. The highest BCUT2D eigenvalue weighted by molar-refractivity contribution is 14.1. The molecule has 1 aromatic heterocycles. The molecular weight excluding hydrogens is 572 g/mol. The van der Waals surface area contributed by atoms with E-state index in [-0.39, 0.29) is 0 Å². The van der Waals surface area contributed by atoms with Crippen LogP contribution < -0.4 is 4.74 Å². The smallest absolute Gasteiger partial charge is 0.341 e. The summed E-state index contributed by atoms with van der Waals surface area (Å²) in [5.74, 6) is 0.000233. The first kappa shape index (κ1) is 19.6. The number of nitriles is 1. The Morgan fingerprint density at radius 2 is 2.04 bits per heavy atom. The second-order valence-electron chi connectivity index (χ2n) is 5.77. The van der Waals surface area contributed by atoms with E-state index < -0.39 is 12.6 Å². The van der Waals surface area contributed by atoms with Gasteiger partial charge in [-0.05, 0) is 93.6 Å². The van der Waals surface area contributed by atoms with Crippen LogP contribution in [0.4, 0.5) is 0 Å². The summed E-state index contributed by atoms with van der Waals surface area (Å²) >= 11 is 4.18. The van der Waals surface area contributed by atoms with E-state index in [0.717, 1.165) is 29.3 Å². The van der Waals surface area contributed by atoms with Crippen molar-refractivity contribution in [2.24, 2.45) is 0 Å². The van der Waals surface area contributed by atoms with Crippen LogP contribution >= 0.6 is 45.2 Å². The average molecular weight is 585 g/mol. The van der Waals surface area contributed by atoms with Gasteiger partial charge in [0.2, 0.25) is 0 Å². The number of benzene rings is 2. The number of carbonyl (C=O) groups is 1. The summed E-state index contributed by atoms with van der Waals surface area (Å²) in [5.41, 5.74) is 4.02. The number of rotatable bonds is 5. The van der Waals surface area contributed by atoms with Gasteiger partial charge in [-0.15, -0.1) is 0 Å². The molecule has 0 bridgehead atoms. The van der Waals surface area contributed by atoms with Gasteiger partial charge in [-0.2, -0.15) is 5.26 Å².